The van der Waals surface area contributed by atoms with Crippen LogP contribution in [-0.4, -0.2) is 0 Å². The lowest BCUT2D eigenvalue weighted by molar-refractivity contribution is 1.51. The van der Waals surface area contributed by atoms with Gasteiger partial charge < -0.3 is 0 Å². The van der Waals surface area contributed by atoms with Crippen LogP contribution in [0.4, 0.5) is 0 Å². The number of nitrogens with zero attached hydrogens (tertiary/aromatic N) is 1. The van der Waals surface area contributed by atoms with Gasteiger partial charge in [0.2, 0.25) is 0 Å². The van der Waals surface area contributed by atoms with Gasteiger partial charge in [-0.2, -0.15) is 5.26 Å². The zero-order valence-electron chi connectivity index (χ0n) is 6.97. The van der Waals surface area contributed by atoms with Crippen LogP contribution in [0, 0.1) is 18.3 Å². The fourth-order valence-corrected chi connectivity index (χ4v) is 3.00. The predicted octanol–water partition coefficient (Wildman–Crippen LogP) is 3.84. The van der Waals surface area contributed by atoms with Gasteiger partial charge in [0, 0.05) is 19.9 Å². The maximum absolute atomic E-state index is 8.88. The Balaban J connectivity index is 2.98. The molecule has 0 aliphatic carbocycles. The van der Waals surface area contributed by atoms with Crippen molar-refractivity contribution in [3.8, 4) is 6.07 Å². The smallest absolute Gasteiger partial charge is 0.101 e. The molecule has 2 rings (SSSR count). The van der Waals surface area contributed by atoms with Gasteiger partial charge in [-0.25, -0.2) is 0 Å². The molecule has 0 aliphatic heterocycles. The van der Waals surface area contributed by atoms with Crippen LogP contribution in [0.2, 0.25) is 0 Å². The van der Waals surface area contributed by atoms with Crippen molar-refractivity contribution < 1.29 is 0 Å². The molecule has 1 heterocycles. The standard InChI is InChI=1S/C10H6BrNS/c1-6-2-3-8(11)9-7(4-12)5-13-10(6)9/h2-3,5H,1H3. The molecule has 13 heavy (non-hydrogen) atoms. The Hall–Kier alpha value is -0.850. The van der Waals surface area contributed by atoms with Crippen molar-refractivity contribution in [2.45, 2.75) is 6.92 Å². The second kappa shape index (κ2) is 3.13. The zero-order valence-corrected chi connectivity index (χ0v) is 9.37. The summed E-state index contributed by atoms with van der Waals surface area (Å²) < 4.78 is 2.21. The molecule has 1 aromatic carbocycles. The van der Waals surface area contributed by atoms with Crippen molar-refractivity contribution in [2.24, 2.45) is 0 Å². The molecule has 0 radical (unpaired) electrons. The summed E-state index contributed by atoms with van der Waals surface area (Å²) in [4.78, 5) is 0. The maximum Gasteiger partial charge on any atom is 0.101 e. The van der Waals surface area contributed by atoms with Crippen LogP contribution in [0.25, 0.3) is 10.1 Å². The van der Waals surface area contributed by atoms with Crippen molar-refractivity contribution in [2.75, 3.05) is 0 Å². The number of rotatable bonds is 0. The average molecular weight is 252 g/mol. The number of nitriles is 1. The normalized spacial score (nSPS) is 10.2. The van der Waals surface area contributed by atoms with Gasteiger partial charge in [-0.1, -0.05) is 22.0 Å². The van der Waals surface area contributed by atoms with Crippen LogP contribution in [0.3, 0.4) is 0 Å². The van der Waals surface area contributed by atoms with Crippen molar-refractivity contribution in [1.29, 1.82) is 5.26 Å². The van der Waals surface area contributed by atoms with Gasteiger partial charge in [0.25, 0.3) is 0 Å². The van der Waals surface area contributed by atoms with Gasteiger partial charge in [0.05, 0.1) is 5.56 Å². The molecule has 0 unspecified atom stereocenters. The lowest BCUT2D eigenvalue weighted by Crippen LogP contribution is -1.76. The van der Waals surface area contributed by atoms with E-state index in [2.05, 4.69) is 35.0 Å². The number of fused-ring (bicyclic) bond motifs is 1. The number of benzene rings is 1. The minimum Gasteiger partial charge on any atom is -0.192 e. The molecule has 64 valence electrons. The molecule has 0 aliphatic rings. The summed E-state index contributed by atoms with van der Waals surface area (Å²) in [5.74, 6) is 0. The van der Waals surface area contributed by atoms with E-state index >= 15 is 0 Å². The lowest BCUT2D eigenvalue weighted by Gasteiger charge is -1.97. The molecule has 0 spiro atoms. The second-order valence-electron chi connectivity index (χ2n) is 2.83. The van der Waals surface area contributed by atoms with Gasteiger partial charge in [0.15, 0.2) is 0 Å². The number of hydrogen-bond acceptors (Lipinski definition) is 2. The van der Waals surface area contributed by atoms with Gasteiger partial charge >= 0.3 is 0 Å². The van der Waals surface area contributed by atoms with E-state index in [0.29, 0.717) is 0 Å². The second-order valence-corrected chi connectivity index (χ2v) is 4.56. The first-order valence-electron chi connectivity index (χ1n) is 3.80. The van der Waals surface area contributed by atoms with Crippen LogP contribution in [-0.2, 0) is 0 Å². The Kier molecular flexibility index (Phi) is 2.10. The quantitative estimate of drug-likeness (QED) is 0.698. The van der Waals surface area contributed by atoms with Crippen LogP contribution in [0.5, 0.6) is 0 Å². The molecule has 0 saturated heterocycles. The number of thiophene rings is 1. The summed E-state index contributed by atoms with van der Waals surface area (Å²) in [7, 11) is 0. The molecular formula is C10H6BrNS. The lowest BCUT2D eigenvalue weighted by atomic mass is 10.1. The average Bonchev–Trinajstić information content (AvgIpc) is 2.56. The third-order valence-corrected chi connectivity index (χ3v) is 3.76. The Morgan fingerprint density at radius 2 is 2.23 bits per heavy atom. The molecule has 0 amide bonds. The summed E-state index contributed by atoms with van der Waals surface area (Å²) >= 11 is 5.08. The van der Waals surface area contributed by atoms with E-state index in [1.54, 1.807) is 11.3 Å². The van der Waals surface area contributed by atoms with E-state index in [4.69, 9.17) is 5.26 Å². The van der Waals surface area contributed by atoms with Gasteiger partial charge in [-0.05, 0) is 18.6 Å². The molecule has 1 aromatic heterocycles. The highest BCUT2D eigenvalue weighted by atomic mass is 79.9. The largest absolute Gasteiger partial charge is 0.192 e. The molecule has 0 atom stereocenters. The summed E-state index contributed by atoms with van der Waals surface area (Å²) in [5.41, 5.74) is 1.99. The highest BCUT2D eigenvalue weighted by Crippen LogP contribution is 2.34. The van der Waals surface area contributed by atoms with E-state index in [0.717, 1.165) is 15.4 Å². The molecule has 2 aromatic rings. The third kappa shape index (κ3) is 1.27. The van der Waals surface area contributed by atoms with E-state index in [1.807, 2.05) is 11.4 Å². The molecule has 0 bridgehead atoms. The van der Waals surface area contributed by atoms with Gasteiger partial charge in [0.1, 0.15) is 6.07 Å². The highest BCUT2D eigenvalue weighted by Gasteiger charge is 2.08. The molecule has 0 N–H and O–H groups in total. The number of hydrogen-bond donors (Lipinski definition) is 0. The van der Waals surface area contributed by atoms with Crippen molar-refractivity contribution in [3.05, 3.63) is 33.1 Å². The molecule has 1 nitrogen and oxygen atoms in total. The Morgan fingerprint density at radius 3 is 2.92 bits per heavy atom. The zero-order chi connectivity index (χ0) is 9.42. The monoisotopic (exact) mass is 251 g/mol. The van der Waals surface area contributed by atoms with Crippen LogP contribution in [0.1, 0.15) is 11.1 Å². The minimum atomic E-state index is 0.760. The highest BCUT2D eigenvalue weighted by molar-refractivity contribution is 9.10. The first-order chi connectivity index (χ1) is 6.24. The van der Waals surface area contributed by atoms with E-state index in [-0.39, 0.29) is 0 Å². The van der Waals surface area contributed by atoms with Gasteiger partial charge in [-0.15, -0.1) is 11.3 Å². The summed E-state index contributed by atoms with van der Waals surface area (Å²) in [6, 6.07) is 6.25. The Morgan fingerprint density at radius 1 is 1.46 bits per heavy atom. The first kappa shape index (κ1) is 8.74. The maximum atomic E-state index is 8.88. The predicted molar refractivity (Wildman–Crippen MR) is 59.0 cm³/mol. The Labute approximate surface area is 88.7 Å². The van der Waals surface area contributed by atoms with E-state index in [9.17, 15) is 0 Å². The Bertz CT molecular complexity index is 507. The molecule has 3 heteroatoms. The van der Waals surface area contributed by atoms with Gasteiger partial charge in [-0.3, -0.25) is 0 Å². The van der Waals surface area contributed by atoms with Crippen molar-refractivity contribution >= 4 is 37.4 Å². The van der Waals surface area contributed by atoms with Crippen molar-refractivity contribution in [1.82, 2.24) is 0 Å². The SMILES string of the molecule is Cc1ccc(Br)c2c(C#N)csc12. The van der Waals surface area contributed by atoms with Crippen LogP contribution < -0.4 is 0 Å². The first-order valence-corrected chi connectivity index (χ1v) is 5.47. The molecule has 0 saturated carbocycles. The summed E-state index contributed by atoms with van der Waals surface area (Å²) in [5, 5.41) is 11.8. The summed E-state index contributed by atoms with van der Waals surface area (Å²) in [6.07, 6.45) is 0. The molecular weight excluding hydrogens is 246 g/mol. The van der Waals surface area contributed by atoms with E-state index in [1.165, 1.54) is 10.3 Å². The fourth-order valence-electron chi connectivity index (χ4n) is 1.32. The topological polar surface area (TPSA) is 23.8 Å². The van der Waals surface area contributed by atoms with Crippen molar-refractivity contribution in [3.63, 3.8) is 0 Å². The minimum absolute atomic E-state index is 0.760. The molecule has 0 fully saturated rings. The third-order valence-electron chi connectivity index (χ3n) is 1.99. The van der Waals surface area contributed by atoms with E-state index < -0.39 is 0 Å². The van der Waals surface area contributed by atoms with Crippen LogP contribution >= 0.6 is 27.3 Å². The summed E-state index contributed by atoms with van der Waals surface area (Å²) in [6.45, 7) is 2.06. The fraction of sp³-hybridized carbons (Fsp3) is 0.100. The number of halogens is 1. The number of aryl methyl sites for hydroxylation is 1. The van der Waals surface area contributed by atoms with Crippen LogP contribution in [0.15, 0.2) is 22.0 Å².